The number of ether oxygens (including phenoxy) is 1. The second-order valence-electron chi connectivity index (χ2n) is 7.17. The maximum Gasteiger partial charge on any atom is 0.331 e. The average Bonchev–Trinajstić information content (AvgIpc) is 3.46. The van der Waals surface area contributed by atoms with Crippen molar-refractivity contribution in [3.63, 3.8) is 0 Å². The first-order valence-corrected chi connectivity index (χ1v) is 9.00. The molecule has 0 spiro atoms. The molecule has 1 N–H and O–H groups in total. The number of hydrogen-bond donors (Lipinski definition) is 1. The van der Waals surface area contributed by atoms with Gasteiger partial charge >= 0.3 is 5.97 Å². The average molecular weight is 340 g/mol. The van der Waals surface area contributed by atoms with Crippen molar-refractivity contribution in [1.82, 2.24) is 5.32 Å². The number of carbonyl (C=O) groups is 2. The molecular formula is C20H24N2O3. The van der Waals surface area contributed by atoms with Crippen molar-refractivity contribution < 1.29 is 14.3 Å². The van der Waals surface area contributed by atoms with Gasteiger partial charge in [0.25, 0.3) is 0 Å². The molecule has 5 heteroatoms. The Morgan fingerprint density at radius 1 is 1.28 bits per heavy atom. The van der Waals surface area contributed by atoms with E-state index in [1.54, 1.807) is 6.07 Å². The van der Waals surface area contributed by atoms with Crippen LogP contribution in [0.5, 0.6) is 0 Å². The summed E-state index contributed by atoms with van der Waals surface area (Å²) in [7, 11) is 1.37. The maximum atomic E-state index is 12.6. The summed E-state index contributed by atoms with van der Waals surface area (Å²) in [4.78, 5) is 24.8. The van der Waals surface area contributed by atoms with E-state index < -0.39 is 5.54 Å². The third-order valence-electron chi connectivity index (χ3n) is 5.28. The second kappa shape index (κ2) is 7.26. The van der Waals surface area contributed by atoms with Crippen molar-refractivity contribution >= 4 is 11.9 Å². The van der Waals surface area contributed by atoms with Crippen LogP contribution in [0.3, 0.4) is 0 Å². The number of hydrogen-bond acceptors (Lipinski definition) is 4. The van der Waals surface area contributed by atoms with Gasteiger partial charge in [-0.3, -0.25) is 4.79 Å². The molecule has 0 aliphatic heterocycles. The predicted molar refractivity (Wildman–Crippen MR) is 92.8 cm³/mol. The lowest BCUT2D eigenvalue weighted by Crippen LogP contribution is -2.56. The molecule has 132 valence electrons. The number of carbonyl (C=O) groups excluding carboxylic acids is 2. The molecule has 2 aliphatic rings. The van der Waals surface area contributed by atoms with E-state index >= 15 is 0 Å². The lowest BCUT2D eigenvalue weighted by molar-refractivity contribution is -0.152. The fourth-order valence-electron chi connectivity index (χ4n) is 3.78. The molecule has 2 aliphatic carbocycles. The Balaban J connectivity index is 1.72. The van der Waals surface area contributed by atoms with Crippen molar-refractivity contribution in [2.45, 2.75) is 62.8 Å². The quantitative estimate of drug-likeness (QED) is 0.836. The molecule has 25 heavy (non-hydrogen) atoms. The van der Waals surface area contributed by atoms with Gasteiger partial charge in [0.1, 0.15) is 5.54 Å². The minimum atomic E-state index is -0.879. The summed E-state index contributed by atoms with van der Waals surface area (Å²) in [6, 6.07) is 7.83. The second-order valence-corrected chi connectivity index (χ2v) is 7.17. The summed E-state index contributed by atoms with van der Waals surface area (Å²) in [5, 5.41) is 12.2. The molecule has 1 aromatic carbocycles. The summed E-state index contributed by atoms with van der Waals surface area (Å²) in [6.45, 7) is 0. The maximum absolute atomic E-state index is 12.6. The summed E-state index contributed by atoms with van der Waals surface area (Å²) >= 11 is 0. The number of benzene rings is 1. The number of nitrogens with one attached hydrogen (secondary N) is 1. The van der Waals surface area contributed by atoms with Crippen LogP contribution in [0.4, 0.5) is 0 Å². The van der Waals surface area contributed by atoms with Gasteiger partial charge in [0, 0.05) is 0 Å². The minimum Gasteiger partial charge on any atom is -0.467 e. The molecule has 0 saturated heterocycles. The van der Waals surface area contributed by atoms with Crippen LogP contribution in [0, 0.1) is 11.3 Å². The molecule has 0 heterocycles. The number of rotatable bonds is 5. The lowest BCUT2D eigenvalue weighted by Gasteiger charge is -2.35. The van der Waals surface area contributed by atoms with Crippen molar-refractivity contribution in [3.8, 4) is 6.07 Å². The van der Waals surface area contributed by atoms with E-state index in [2.05, 4.69) is 11.4 Å². The number of methoxy groups -OCH3 is 1. The fourth-order valence-corrected chi connectivity index (χ4v) is 3.78. The van der Waals surface area contributed by atoms with Crippen LogP contribution in [0.1, 0.15) is 67.6 Å². The highest BCUT2D eigenvalue weighted by molar-refractivity contribution is 5.89. The first-order valence-electron chi connectivity index (χ1n) is 9.00. The summed E-state index contributed by atoms with van der Waals surface area (Å²) < 4.78 is 4.94. The number of nitriles is 1. The highest BCUT2D eigenvalue weighted by atomic mass is 16.5. The van der Waals surface area contributed by atoms with Crippen molar-refractivity contribution in [2.75, 3.05) is 7.11 Å². The van der Waals surface area contributed by atoms with Crippen molar-refractivity contribution in [1.29, 1.82) is 5.26 Å². The SMILES string of the molecule is COC(=O)C1(NC(=O)Cc2ccc(C#N)c(C3CC3)c2)CCCCC1. The Kier molecular flexibility index (Phi) is 5.08. The Bertz CT molecular complexity index is 710. The van der Waals surface area contributed by atoms with E-state index in [1.807, 2.05) is 12.1 Å². The Morgan fingerprint density at radius 2 is 2.00 bits per heavy atom. The Morgan fingerprint density at radius 3 is 2.60 bits per heavy atom. The third kappa shape index (κ3) is 3.84. The van der Waals surface area contributed by atoms with Crippen LogP contribution >= 0.6 is 0 Å². The first kappa shape index (κ1) is 17.5. The van der Waals surface area contributed by atoms with Gasteiger partial charge in [0.2, 0.25) is 5.91 Å². The summed E-state index contributed by atoms with van der Waals surface area (Å²) in [6.07, 6.45) is 6.60. The molecule has 2 saturated carbocycles. The largest absolute Gasteiger partial charge is 0.467 e. The van der Waals surface area contributed by atoms with E-state index in [0.717, 1.165) is 43.2 Å². The molecule has 3 rings (SSSR count). The van der Waals surface area contributed by atoms with Gasteiger partial charge < -0.3 is 10.1 Å². The molecule has 0 unspecified atom stereocenters. The lowest BCUT2D eigenvalue weighted by atomic mass is 9.81. The third-order valence-corrected chi connectivity index (χ3v) is 5.28. The highest BCUT2D eigenvalue weighted by Crippen LogP contribution is 2.42. The Labute approximate surface area is 148 Å². The van der Waals surface area contributed by atoms with Crippen LogP contribution in [-0.4, -0.2) is 24.5 Å². The molecule has 2 fully saturated rings. The van der Waals surface area contributed by atoms with Crippen molar-refractivity contribution in [3.05, 3.63) is 34.9 Å². The van der Waals surface area contributed by atoms with Gasteiger partial charge in [0.05, 0.1) is 25.2 Å². The van der Waals surface area contributed by atoms with Gasteiger partial charge in [-0.25, -0.2) is 4.79 Å². The highest BCUT2D eigenvalue weighted by Gasteiger charge is 2.41. The summed E-state index contributed by atoms with van der Waals surface area (Å²) in [5.41, 5.74) is 1.75. The van der Waals surface area contributed by atoms with E-state index in [4.69, 9.17) is 4.74 Å². The topological polar surface area (TPSA) is 79.2 Å². The molecule has 0 bridgehead atoms. The van der Waals surface area contributed by atoms with Gasteiger partial charge in [-0.05, 0) is 48.8 Å². The van der Waals surface area contributed by atoms with E-state index in [0.29, 0.717) is 24.3 Å². The molecular weight excluding hydrogens is 316 g/mol. The van der Waals surface area contributed by atoms with E-state index in [9.17, 15) is 14.9 Å². The van der Waals surface area contributed by atoms with Crippen LogP contribution in [-0.2, 0) is 20.7 Å². The molecule has 1 amide bonds. The van der Waals surface area contributed by atoms with Gasteiger partial charge in [-0.2, -0.15) is 5.26 Å². The molecule has 5 nitrogen and oxygen atoms in total. The number of nitrogens with zero attached hydrogens (tertiary/aromatic N) is 1. The summed E-state index contributed by atoms with van der Waals surface area (Å²) in [5.74, 6) is -0.0600. The number of esters is 1. The predicted octanol–water partition coefficient (Wildman–Crippen LogP) is 2.97. The Hall–Kier alpha value is -2.35. The van der Waals surface area contributed by atoms with Gasteiger partial charge in [-0.1, -0.05) is 31.4 Å². The normalized spacial score (nSPS) is 18.9. The van der Waals surface area contributed by atoms with Crippen LogP contribution in [0.2, 0.25) is 0 Å². The van der Waals surface area contributed by atoms with E-state index in [1.165, 1.54) is 7.11 Å². The zero-order valence-corrected chi connectivity index (χ0v) is 14.6. The zero-order valence-electron chi connectivity index (χ0n) is 14.6. The monoisotopic (exact) mass is 340 g/mol. The molecule has 0 aromatic heterocycles. The van der Waals surface area contributed by atoms with E-state index in [-0.39, 0.29) is 18.3 Å². The standard InChI is InChI=1S/C20H24N2O3/c1-25-19(24)20(9-3-2-4-10-20)22-18(23)12-14-5-6-16(13-21)17(11-14)15-7-8-15/h5-6,11,15H,2-4,7-10,12H2,1H3,(H,22,23). The smallest absolute Gasteiger partial charge is 0.331 e. The van der Waals surface area contributed by atoms with Crippen molar-refractivity contribution in [2.24, 2.45) is 0 Å². The minimum absolute atomic E-state index is 0.168. The molecule has 0 atom stereocenters. The van der Waals surface area contributed by atoms with Crippen LogP contribution in [0.25, 0.3) is 0 Å². The van der Waals surface area contributed by atoms with Crippen LogP contribution < -0.4 is 5.32 Å². The number of amides is 1. The van der Waals surface area contributed by atoms with Gasteiger partial charge in [0.15, 0.2) is 0 Å². The van der Waals surface area contributed by atoms with Gasteiger partial charge in [-0.15, -0.1) is 0 Å². The first-order chi connectivity index (χ1) is 12.1. The molecule has 1 aromatic rings. The van der Waals surface area contributed by atoms with Crippen LogP contribution in [0.15, 0.2) is 18.2 Å². The molecule has 0 radical (unpaired) electrons. The zero-order chi connectivity index (χ0) is 17.9. The fraction of sp³-hybridized carbons (Fsp3) is 0.550.